The molecule has 140 valence electrons. The zero-order valence-corrected chi connectivity index (χ0v) is 17.9. The van der Waals surface area contributed by atoms with Crippen LogP contribution in [0.25, 0.3) is 0 Å². The molecule has 0 nitrogen and oxygen atoms in total. The lowest BCUT2D eigenvalue weighted by molar-refractivity contribution is 0.702. The third-order valence-electron chi connectivity index (χ3n) is 2.88. The summed E-state index contributed by atoms with van der Waals surface area (Å²) in [6.45, 7) is 20.5. The van der Waals surface area contributed by atoms with E-state index in [9.17, 15) is 0 Å². The summed E-state index contributed by atoms with van der Waals surface area (Å²) in [5.74, 6) is 0. The first-order chi connectivity index (χ1) is 11.1. The van der Waals surface area contributed by atoms with Crippen LogP contribution in [0.4, 0.5) is 0 Å². The van der Waals surface area contributed by atoms with Crippen molar-refractivity contribution in [1.29, 1.82) is 0 Å². The van der Waals surface area contributed by atoms with Gasteiger partial charge in [0.15, 0.2) is 0 Å². The lowest BCUT2D eigenvalue weighted by Gasteiger charge is -1.92. The Balaban J connectivity index is -0.000000113. The van der Waals surface area contributed by atoms with Crippen LogP contribution < -0.4 is 0 Å². The minimum atomic E-state index is 1.23. The SMILES string of the molecule is C/C=C/C=C(/C)CCC.C=CC.CCCCC.CCCCCC. The van der Waals surface area contributed by atoms with Crippen molar-refractivity contribution in [1.82, 2.24) is 0 Å². The average Bonchev–Trinajstić information content (AvgIpc) is 2.54. The minimum absolute atomic E-state index is 1.23. The zero-order valence-electron chi connectivity index (χ0n) is 17.9. The van der Waals surface area contributed by atoms with Gasteiger partial charge in [-0.3, -0.25) is 0 Å². The molecule has 0 spiro atoms. The molecule has 0 radical (unpaired) electrons. The van der Waals surface area contributed by atoms with Gasteiger partial charge in [-0.05, 0) is 27.2 Å². The van der Waals surface area contributed by atoms with Gasteiger partial charge in [0.05, 0.1) is 0 Å². The molecule has 0 heterocycles. The lowest BCUT2D eigenvalue weighted by Crippen LogP contribution is -1.71. The highest BCUT2D eigenvalue weighted by molar-refractivity contribution is 5.09. The summed E-state index contributed by atoms with van der Waals surface area (Å²) in [5, 5.41) is 0. The summed E-state index contributed by atoms with van der Waals surface area (Å²) in [4.78, 5) is 0. The predicted octanol–water partition coefficient (Wildman–Crippen LogP) is 9.28. The maximum Gasteiger partial charge on any atom is -0.0323 e. The Morgan fingerprint density at radius 2 is 1.13 bits per heavy atom. The largest absolute Gasteiger partial charge is 0.103 e. The van der Waals surface area contributed by atoms with Gasteiger partial charge in [-0.25, -0.2) is 0 Å². The Kier molecular flexibility index (Phi) is 49.1. The van der Waals surface area contributed by atoms with E-state index in [0.29, 0.717) is 0 Å². The number of hydrogen-bond donors (Lipinski definition) is 0. The van der Waals surface area contributed by atoms with E-state index >= 15 is 0 Å². The molecule has 0 saturated heterocycles. The highest BCUT2D eigenvalue weighted by Gasteiger charge is 1.81. The Bertz CT molecular complexity index is 214. The normalized spacial score (nSPS) is 9.83. The summed E-state index contributed by atoms with van der Waals surface area (Å²) < 4.78 is 0. The standard InChI is InChI=1S/C9H16.C6H14.C5H12.C3H6/c1-4-6-8-9(3)7-5-2;1-3-5-6-4-2;1-3-5-4-2;1-3-2/h4,6,8H,5,7H2,1-3H3;3-6H2,1-2H3;3-5H2,1-2H3;3H,1H2,2H3/b6-4+,9-8-;;;. The smallest absolute Gasteiger partial charge is 0.0323 e. The third kappa shape index (κ3) is 62.3. The van der Waals surface area contributed by atoms with Gasteiger partial charge in [0, 0.05) is 0 Å². The number of rotatable bonds is 8. The van der Waals surface area contributed by atoms with E-state index in [2.05, 4.69) is 66.3 Å². The topological polar surface area (TPSA) is 0 Å². The predicted molar refractivity (Wildman–Crippen MR) is 114 cm³/mol. The molecule has 0 heteroatoms. The maximum atomic E-state index is 3.36. The summed E-state index contributed by atoms with van der Waals surface area (Å²) in [6, 6.07) is 0. The fraction of sp³-hybridized carbons (Fsp3) is 0.739. The van der Waals surface area contributed by atoms with Crippen LogP contribution >= 0.6 is 0 Å². The fourth-order valence-electron chi connectivity index (χ4n) is 1.59. The monoisotopic (exact) mass is 324 g/mol. The van der Waals surface area contributed by atoms with E-state index in [1.807, 2.05) is 13.8 Å². The van der Waals surface area contributed by atoms with Crippen LogP contribution in [0, 0.1) is 0 Å². The second-order valence-electron chi connectivity index (χ2n) is 5.76. The van der Waals surface area contributed by atoms with Crippen molar-refractivity contribution in [2.45, 2.75) is 113 Å². The average molecular weight is 325 g/mol. The van der Waals surface area contributed by atoms with Crippen LogP contribution in [0.2, 0.25) is 0 Å². The molecule has 23 heavy (non-hydrogen) atoms. The van der Waals surface area contributed by atoms with Crippen LogP contribution in [-0.4, -0.2) is 0 Å². The van der Waals surface area contributed by atoms with Crippen molar-refractivity contribution in [3.63, 3.8) is 0 Å². The van der Waals surface area contributed by atoms with Gasteiger partial charge in [-0.15, -0.1) is 6.58 Å². The third-order valence-corrected chi connectivity index (χ3v) is 2.88. The summed E-state index contributed by atoms with van der Waals surface area (Å²) in [7, 11) is 0. The van der Waals surface area contributed by atoms with Crippen molar-refractivity contribution < 1.29 is 0 Å². The quantitative estimate of drug-likeness (QED) is 0.237. The molecule has 0 bridgehead atoms. The van der Waals surface area contributed by atoms with Gasteiger partial charge in [-0.1, -0.05) is 116 Å². The van der Waals surface area contributed by atoms with Gasteiger partial charge in [-0.2, -0.15) is 0 Å². The second-order valence-corrected chi connectivity index (χ2v) is 5.76. The minimum Gasteiger partial charge on any atom is -0.103 e. The fourth-order valence-corrected chi connectivity index (χ4v) is 1.59. The van der Waals surface area contributed by atoms with Crippen LogP contribution in [-0.2, 0) is 0 Å². The lowest BCUT2D eigenvalue weighted by atomic mass is 10.2. The van der Waals surface area contributed by atoms with E-state index in [-0.39, 0.29) is 0 Å². The van der Waals surface area contributed by atoms with Crippen LogP contribution in [0.3, 0.4) is 0 Å². The Morgan fingerprint density at radius 1 is 0.739 bits per heavy atom. The van der Waals surface area contributed by atoms with E-state index < -0.39 is 0 Å². The molecule has 0 rings (SSSR count). The molecule has 0 aliphatic heterocycles. The first kappa shape index (κ1) is 30.1. The maximum absolute atomic E-state index is 3.36. The van der Waals surface area contributed by atoms with Gasteiger partial charge < -0.3 is 0 Å². The van der Waals surface area contributed by atoms with E-state index in [0.717, 1.165) is 0 Å². The van der Waals surface area contributed by atoms with Crippen LogP contribution in [0.1, 0.15) is 113 Å². The Morgan fingerprint density at radius 3 is 1.35 bits per heavy atom. The summed E-state index contributed by atoms with van der Waals surface area (Å²) in [5.41, 5.74) is 1.47. The first-order valence-corrected chi connectivity index (χ1v) is 9.91. The van der Waals surface area contributed by atoms with E-state index in [1.165, 1.54) is 63.4 Å². The first-order valence-electron chi connectivity index (χ1n) is 9.91. The van der Waals surface area contributed by atoms with Crippen molar-refractivity contribution in [3.8, 4) is 0 Å². The molecule has 0 N–H and O–H groups in total. The molecule has 0 saturated carbocycles. The highest BCUT2D eigenvalue weighted by atomic mass is 13.9. The molecule has 0 aliphatic rings. The van der Waals surface area contributed by atoms with Crippen molar-refractivity contribution in [3.05, 3.63) is 36.5 Å². The molecule has 0 unspecified atom stereocenters. The van der Waals surface area contributed by atoms with Crippen molar-refractivity contribution in [2.24, 2.45) is 0 Å². The molecular formula is C23H48. The zero-order chi connectivity index (χ0) is 18.8. The van der Waals surface area contributed by atoms with Crippen LogP contribution in [0.15, 0.2) is 36.5 Å². The van der Waals surface area contributed by atoms with E-state index in [1.54, 1.807) is 6.08 Å². The molecule has 0 fully saturated rings. The molecule has 0 amide bonds. The molecule has 0 aromatic rings. The van der Waals surface area contributed by atoms with E-state index in [4.69, 9.17) is 0 Å². The Labute approximate surface area is 150 Å². The molecule has 0 aromatic heterocycles. The molecular weight excluding hydrogens is 276 g/mol. The van der Waals surface area contributed by atoms with Crippen LogP contribution in [0.5, 0.6) is 0 Å². The number of hydrogen-bond acceptors (Lipinski definition) is 0. The number of unbranched alkanes of at least 4 members (excludes halogenated alkanes) is 5. The van der Waals surface area contributed by atoms with Crippen molar-refractivity contribution in [2.75, 3.05) is 0 Å². The number of allylic oxidation sites excluding steroid dienone is 5. The molecule has 0 atom stereocenters. The summed E-state index contributed by atoms with van der Waals surface area (Å²) in [6.07, 6.45) is 20.2. The molecule has 0 aliphatic carbocycles. The van der Waals surface area contributed by atoms with Gasteiger partial charge in [0.25, 0.3) is 0 Å². The van der Waals surface area contributed by atoms with Gasteiger partial charge >= 0.3 is 0 Å². The Hall–Kier alpha value is -0.780. The van der Waals surface area contributed by atoms with Gasteiger partial charge in [0.2, 0.25) is 0 Å². The second kappa shape index (κ2) is 37.5. The van der Waals surface area contributed by atoms with Gasteiger partial charge in [0.1, 0.15) is 0 Å². The summed E-state index contributed by atoms with van der Waals surface area (Å²) >= 11 is 0. The highest BCUT2D eigenvalue weighted by Crippen LogP contribution is 2.02. The molecule has 0 aromatic carbocycles. The van der Waals surface area contributed by atoms with Crippen molar-refractivity contribution >= 4 is 0 Å².